The normalized spacial score (nSPS) is 17.2. The summed E-state index contributed by atoms with van der Waals surface area (Å²) >= 11 is 1.48. The number of rotatable bonds is 4. The quantitative estimate of drug-likeness (QED) is 0.718. The van der Waals surface area contributed by atoms with Gasteiger partial charge in [-0.3, -0.25) is 4.79 Å². The number of amides is 1. The van der Waals surface area contributed by atoms with Crippen LogP contribution in [-0.4, -0.2) is 32.5 Å². The molecule has 3 heterocycles. The molecule has 0 radical (unpaired) electrons. The van der Waals surface area contributed by atoms with Crippen molar-refractivity contribution in [2.45, 2.75) is 32.2 Å². The van der Waals surface area contributed by atoms with Gasteiger partial charge < -0.3 is 9.32 Å². The fraction of sp³-hybridized carbons (Fsp3) is 0.333. The summed E-state index contributed by atoms with van der Waals surface area (Å²) in [7, 11) is 0. The van der Waals surface area contributed by atoms with Crippen LogP contribution >= 0.6 is 11.3 Å². The van der Waals surface area contributed by atoms with Crippen molar-refractivity contribution in [3.8, 4) is 10.8 Å². The monoisotopic (exact) mass is 354 g/mol. The van der Waals surface area contributed by atoms with Crippen molar-refractivity contribution in [3.05, 3.63) is 53.0 Å². The van der Waals surface area contributed by atoms with Crippen LogP contribution in [0.1, 0.15) is 36.0 Å². The molecule has 0 N–H and O–H groups in total. The molecule has 4 rings (SSSR count). The van der Waals surface area contributed by atoms with Crippen molar-refractivity contribution in [2.75, 3.05) is 6.54 Å². The van der Waals surface area contributed by atoms with Crippen molar-refractivity contribution in [1.29, 1.82) is 0 Å². The SMILES string of the molecule is Cc1ncsc1-c1nnc(C2CCCN2C(=O)Cc2ccccc2)o1. The molecule has 1 atom stereocenters. The van der Waals surface area contributed by atoms with E-state index in [9.17, 15) is 4.79 Å². The van der Waals surface area contributed by atoms with Crippen molar-refractivity contribution in [1.82, 2.24) is 20.1 Å². The molecule has 1 fully saturated rings. The Morgan fingerprint density at radius 3 is 2.92 bits per heavy atom. The van der Waals surface area contributed by atoms with Gasteiger partial charge in [0.25, 0.3) is 5.89 Å². The molecule has 1 aliphatic heterocycles. The average molecular weight is 354 g/mol. The number of benzene rings is 1. The first kappa shape index (κ1) is 16.0. The number of aromatic nitrogens is 3. The Hall–Kier alpha value is -2.54. The zero-order valence-electron chi connectivity index (χ0n) is 13.9. The molecule has 1 saturated heterocycles. The number of thiazole rings is 1. The van der Waals surface area contributed by atoms with Gasteiger partial charge in [-0.1, -0.05) is 30.3 Å². The summed E-state index contributed by atoms with van der Waals surface area (Å²) in [5.41, 5.74) is 3.66. The summed E-state index contributed by atoms with van der Waals surface area (Å²) in [6, 6.07) is 9.66. The van der Waals surface area contributed by atoms with Gasteiger partial charge in [0.15, 0.2) is 0 Å². The van der Waals surface area contributed by atoms with Gasteiger partial charge in [-0.15, -0.1) is 21.5 Å². The molecule has 1 aromatic carbocycles. The van der Waals surface area contributed by atoms with Crippen LogP contribution in [0.15, 0.2) is 40.3 Å². The van der Waals surface area contributed by atoms with Crippen LogP contribution in [0.25, 0.3) is 10.8 Å². The van der Waals surface area contributed by atoms with Gasteiger partial charge in [0.2, 0.25) is 11.8 Å². The number of carbonyl (C=O) groups is 1. The van der Waals surface area contributed by atoms with Gasteiger partial charge >= 0.3 is 0 Å². The summed E-state index contributed by atoms with van der Waals surface area (Å²) in [4.78, 5) is 19.7. The average Bonchev–Trinajstić information content (AvgIpc) is 3.35. The molecule has 0 bridgehead atoms. The Labute approximate surface area is 149 Å². The van der Waals surface area contributed by atoms with E-state index in [1.165, 1.54) is 11.3 Å². The third kappa shape index (κ3) is 3.19. The molecular formula is C18H18N4O2S. The number of hydrogen-bond donors (Lipinski definition) is 0. The Bertz CT molecular complexity index is 874. The van der Waals surface area contributed by atoms with E-state index in [2.05, 4.69) is 15.2 Å². The predicted molar refractivity (Wildman–Crippen MR) is 94.0 cm³/mol. The Morgan fingerprint density at radius 2 is 2.16 bits per heavy atom. The van der Waals surface area contributed by atoms with E-state index < -0.39 is 0 Å². The first-order valence-corrected chi connectivity index (χ1v) is 9.17. The molecule has 1 amide bonds. The van der Waals surface area contributed by atoms with Crippen LogP contribution in [0, 0.1) is 6.92 Å². The summed E-state index contributed by atoms with van der Waals surface area (Å²) in [6.07, 6.45) is 2.19. The van der Waals surface area contributed by atoms with Gasteiger partial charge in [0, 0.05) is 6.54 Å². The summed E-state index contributed by atoms with van der Waals surface area (Å²) in [5.74, 6) is 1.10. The number of carbonyl (C=O) groups excluding carboxylic acids is 1. The van der Waals surface area contributed by atoms with Crippen LogP contribution in [0.2, 0.25) is 0 Å². The fourth-order valence-electron chi connectivity index (χ4n) is 3.16. The lowest BCUT2D eigenvalue weighted by Gasteiger charge is -2.22. The predicted octanol–water partition coefficient (Wildman–Crippen LogP) is 3.41. The van der Waals surface area contributed by atoms with Crippen molar-refractivity contribution >= 4 is 17.2 Å². The maximum Gasteiger partial charge on any atom is 0.259 e. The van der Waals surface area contributed by atoms with E-state index in [-0.39, 0.29) is 11.9 Å². The van der Waals surface area contributed by atoms with E-state index in [0.717, 1.165) is 35.5 Å². The molecule has 1 aliphatic rings. The van der Waals surface area contributed by atoms with Crippen LogP contribution in [-0.2, 0) is 11.2 Å². The minimum absolute atomic E-state index is 0.0995. The van der Waals surface area contributed by atoms with Crippen LogP contribution in [0.4, 0.5) is 0 Å². The van der Waals surface area contributed by atoms with Gasteiger partial charge in [-0.25, -0.2) is 4.98 Å². The van der Waals surface area contributed by atoms with Gasteiger partial charge in [-0.2, -0.15) is 0 Å². The molecule has 3 aromatic rings. The van der Waals surface area contributed by atoms with Crippen LogP contribution in [0.3, 0.4) is 0 Å². The molecule has 128 valence electrons. The molecule has 25 heavy (non-hydrogen) atoms. The second-order valence-corrected chi connectivity index (χ2v) is 6.97. The molecule has 0 spiro atoms. The van der Waals surface area contributed by atoms with Gasteiger partial charge in [0.05, 0.1) is 17.6 Å². The molecule has 0 saturated carbocycles. The maximum atomic E-state index is 12.7. The second kappa shape index (κ2) is 6.76. The molecule has 1 unspecified atom stereocenters. The minimum atomic E-state index is -0.134. The Morgan fingerprint density at radius 1 is 1.32 bits per heavy atom. The topological polar surface area (TPSA) is 72.1 Å². The molecule has 2 aromatic heterocycles. The van der Waals surface area contributed by atoms with E-state index in [1.54, 1.807) is 5.51 Å². The van der Waals surface area contributed by atoms with Crippen molar-refractivity contribution < 1.29 is 9.21 Å². The molecule has 7 heteroatoms. The first-order valence-electron chi connectivity index (χ1n) is 8.29. The molecule has 0 aliphatic carbocycles. The highest BCUT2D eigenvalue weighted by Crippen LogP contribution is 2.34. The van der Waals surface area contributed by atoms with Crippen LogP contribution < -0.4 is 0 Å². The zero-order chi connectivity index (χ0) is 17.2. The van der Waals surface area contributed by atoms with Crippen LogP contribution in [0.5, 0.6) is 0 Å². The standard InChI is InChI=1S/C18H18N4O2S/c1-12-16(25-11-19-12)18-21-20-17(24-18)14-8-5-9-22(14)15(23)10-13-6-3-2-4-7-13/h2-4,6-7,11,14H,5,8-10H2,1H3. The van der Waals surface area contributed by atoms with Crippen molar-refractivity contribution in [3.63, 3.8) is 0 Å². The number of aryl methyl sites for hydroxylation is 1. The van der Waals surface area contributed by atoms with Gasteiger partial charge in [0.1, 0.15) is 10.9 Å². The smallest absolute Gasteiger partial charge is 0.259 e. The summed E-state index contributed by atoms with van der Waals surface area (Å²) in [6.45, 7) is 2.65. The summed E-state index contributed by atoms with van der Waals surface area (Å²) < 4.78 is 5.88. The second-order valence-electron chi connectivity index (χ2n) is 6.12. The Balaban J connectivity index is 1.53. The summed E-state index contributed by atoms with van der Waals surface area (Å²) in [5, 5.41) is 8.36. The lowest BCUT2D eigenvalue weighted by molar-refractivity contribution is -0.131. The number of nitrogens with zero attached hydrogens (tertiary/aromatic N) is 4. The third-order valence-electron chi connectivity index (χ3n) is 4.44. The minimum Gasteiger partial charge on any atom is -0.418 e. The van der Waals surface area contributed by atoms with E-state index in [1.807, 2.05) is 42.2 Å². The zero-order valence-corrected chi connectivity index (χ0v) is 14.7. The third-order valence-corrected chi connectivity index (χ3v) is 5.35. The number of likely N-dealkylation sites (tertiary alicyclic amines) is 1. The fourth-order valence-corrected chi connectivity index (χ4v) is 3.88. The van der Waals surface area contributed by atoms with E-state index >= 15 is 0 Å². The number of hydrogen-bond acceptors (Lipinski definition) is 6. The maximum absolute atomic E-state index is 12.7. The largest absolute Gasteiger partial charge is 0.418 e. The highest BCUT2D eigenvalue weighted by Gasteiger charge is 2.34. The van der Waals surface area contributed by atoms with Gasteiger partial charge in [-0.05, 0) is 25.3 Å². The highest BCUT2D eigenvalue weighted by atomic mass is 32.1. The molecular weight excluding hydrogens is 336 g/mol. The highest BCUT2D eigenvalue weighted by molar-refractivity contribution is 7.13. The van der Waals surface area contributed by atoms with E-state index in [4.69, 9.17) is 4.42 Å². The van der Waals surface area contributed by atoms with E-state index in [0.29, 0.717) is 18.2 Å². The lowest BCUT2D eigenvalue weighted by Crippen LogP contribution is -2.32. The Kier molecular flexibility index (Phi) is 4.31. The lowest BCUT2D eigenvalue weighted by atomic mass is 10.1. The first-order chi connectivity index (χ1) is 12.2. The molecule has 6 nitrogen and oxygen atoms in total. The van der Waals surface area contributed by atoms with Crippen molar-refractivity contribution in [2.24, 2.45) is 0 Å².